The second kappa shape index (κ2) is 8.15. The van der Waals surface area contributed by atoms with Crippen LogP contribution in [0.1, 0.15) is 27.9 Å². The van der Waals surface area contributed by atoms with Crippen LogP contribution < -0.4 is 10.3 Å². The van der Waals surface area contributed by atoms with Crippen LogP contribution in [-0.2, 0) is 6.61 Å². The lowest BCUT2D eigenvalue weighted by atomic mass is 10.1. The second-order valence-corrected chi connectivity index (χ2v) is 6.13. The first-order chi connectivity index (χ1) is 13.1. The Kier molecular flexibility index (Phi) is 5.48. The van der Waals surface area contributed by atoms with Gasteiger partial charge in [0.05, 0.1) is 6.21 Å². The molecule has 0 N–H and O–H groups in total. The van der Waals surface area contributed by atoms with Crippen LogP contribution in [0.25, 0.3) is 0 Å². The van der Waals surface area contributed by atoms with Crippen molar-refractivity contribution in [2.45, 2.75) is 20.5 Å². The molecular formula is C22H19N3O2. The Labute approximate surface area is 157 Å². The molecule has 0 aliphatic rings. The highest BCUT2D eigenvalue weighted by atomic mass is 16.5. The molecule has 5 heteroatoms. The summed E-state index contributed by atoms with van der Waals surface area (Å²) in [5, 5.41) is 13.5. The lowest BCUT2D eigenvalue weighted by molar-refractivity contribution is 0.306. The number of pyridine rings is 1. The molecule has 0 saturated heterocycles. The van der Waals surface area contributed by atoms with E-state index in [2.05, 4.69) is 5.10 Å². The van der Waals surface area contributed by atoms with E-state index in [9.17, 15) is 10.1 Å². The van der Waals surface area contributed by atoms with Gasteiger partial charge in [-0.15, -0.1) is 0 Å². The van der Waals surface area contributed by atoms with E-state index in [0.717, 1.165) is 11.1 Å². The molecule has 3 aromatic rings. The molecule has 0 bridgehead atoms. The number of nitrogens with zero attached hydrogens (tertiary/aromatic N) is 3. The summed E-state index contributed by atoms with van der Waals surface area (Å²) in [5.74, 6) is 0.670. The normalized spacial score (nSPS) is 10.7. The van der Waals surface area contributed by atoms with E-state index >= 15 is 0 Å². The smallest absolute Gasteiger partial charge is 0.289 e. The number of hydrogen-bond donors (Lipinski definition) is 0. The van der Waals surface area contributed by atoms with Crippen molar-refractivity contribution in [3.63, 3.8) is 0 Å². The Hall–Kier alpha value is -3.65. The van der Waals surface area contributed by atoms with Gasteiger partial charge in [-0.3, -0.25) is 4.79 Å². The van der Waals surface area contributed by atoms with Crippen molar-refractivity contribution in [3.8, 4) is 11.8 Å². The number of benzene rings is 2. The number of hydrogen-bond acceptors (Lipinski definition) is 4. The van der Waals surface area contributed by atoms with Gasteiger partial charge in [-0.05, 0) is 43.2 Å². The van der Waals surface area contributed by atoms with Crippen molar-refractivity contribution in [2.75, 3.05) is 0 Å². The molecular weight excluding hydrogens is 338 g/mol. The van der Waals surface area contributed by atoms with Gasteiger partial charge in [0.2, 0.25) is 0 Å². The molecule has 134 valence electrons. The van der Waals surface area contributed by atoms with Crippen LogP contribution in [0, 0.1) is 25.2 Å². The SMILES string of the molecule is Cc1cc(C)n(N=Cc2ccccc2OCc2ccccc2)c(=O)c1C#N. The van der Waals surface area contributed by atoms with Gasteiger partial charge in [0, 0.05) is 11.3 Å². The molecule has 0 atom stereocenters. The molecule has 1 heterocycles. The first-order valence-electron chi connectivity index (χ1n) is 8.53. The lowest BCUT2D eigenvalue weighted by Crippen LogP contribution is -2.22. The molecule has 0 spiro atoms. The number of ether oxygens (including phenoxy) is 1. The zero-order valence-corrected chi connectivity index (χ0v) is 15.2. The largest absolute Gasteiger partial charge is 0.488 e. The molecule has 0 radical (unpaired) electrons. The molecule has 0 amide bonds. The van der Waals surface area contributed by atoms with Crippen LogP contribution in [0.4, 0.5) is 0 Å². The van der Waals surface area contributed by atoms with E-state index < -0.39 is 5.56 Å². The van der Waals surface area contributed by atoms with E-state index in [1.165, 1.54) is 4.68 Å². The van der Waals surface area contributed by atoms with Gasteiger partial charge in [-0.2, -0.15) is 10.4 Å². The molecule has 5 nitrogen and oxygen atoms in total. The van der Waals surface area contributed by atoms with E-state index in [0.29, 0.717) is 23.6 Å². The Morgan fingerprint density at radius 1 is 1.11 bits per heavy atom. The fraction of sp³-hybridized carbons (Fsp3) is 0.136. The molecule has 0 aliphatic carbocycles. The fourth-order valence-electron chi connectivity index (χ4n) is 2.73. The van der Waals surface area contributed by atoms with E-state index in [1.807, 2.05) is 60.7 Å². The van der Waals surface area contributed by atoms with Crippen LogP contribution in [0.15, 0.2) is 70.6 Å². The minimum absolute atomic E-state index is 0.103. The number of para-hydroxylation sites is 1. The summed E-state index contributed by atoms with van der Waals surface area (Å²) >= 11 is 0. The summed E-state index contributed by atoms with van der Waals surface area (Å²) in [6, 6.07) is 21.1. The maximum Gasteiger partial charge on any atom is 0.289 e. The van der Waals surface area contributed by atoms with Crippen molar-refractivity contribution >= 4 is 6.21 Å². The van der Waals surface area contributed by atoms with Gasteiger partial charge in [-0.25, -0.2) is 4.68 Å². The number of aryl methyl sites for hydroxylation is 2. The maximum atomic E-state index is 12.5. The van der Waals surface area contributed by atoms with E-state index in [1.54, 1.807) is 26.1 Å². The van der Waals surface area contributed by atoms with Gasteiger partial charge in [0.15, 0.2) is 0 Å². The average Bonchev–Trinajstić information content (AvgIpc) is 2.68. The van der Waals surface area contributed by atoms with Crippen LogP contribution in [0.2, 0.25) is 0 Å². The van der Waals surface area contributed by atoms with Gasteiger partial charge in [0.25, 0.3) is 5.56 Å². The van der Waals surface area contributed by atoms with Gasteiger partial charge in [-0.1, -0.05) is 42.5 Å². The molecule has 2 aromatic carbocycles. The number of nitriles is 1. The molecule has 0 saturated carbocycles. The third-order valence-electron chi connectivity index (χ3n) is 4.14. The van der Waals surface area contributed by atoms with Gasteiger partial charge >= 0.3 is 0 Å². The topological polar surface area (TPSA) is 67.4 Å². The van der Waals surface area contributed by atoms with Crippen LogP contribution >= 0.6 is 0 Å². The van der Waals surface area contributed by atoms with E-state index in [4.69, 9.17) is 4.74 Å². The number of aromatic nitrogens is 1. The highest BCUT2D eigenvalue weighted by molar-refractivity contribution is 5.83. The highest BCUT2D eigenvalue weighted by Crippen LogP contribution is 2.18. The van der Waals surface area contributed by atoms with E-state index in [-0.39, 0.29) is 5.56 Å². The molecule has 0 aliphatic heterocycles. The summed E-state index contributed by atoms with van der Waals surface area (Å²) < 4.78 is 7.14. The molecule has 27 heavy (non-hydrogen) atoms. The Morgan fingerprint density at radius 2 is 1.81 bits per heavy atom. The van der Waals surface area contributed by atoms with Crippen LogP contribution in [0.5, 0.6) is 5.75 Å². The third-order valence-corrected chi connectivity index (χ3v) is 4.14. The molecule has 3 rings (SSSR count). The number of rotatable bonds is 5. The van der Waals surface area contributed by atoms with Crippen molar-refractivity contribution in [1.29, 1.82) is 5.26 Å². The van der Waals surface area contributed by atoms with Crippen molar-refractivity contribution in [2.24, 2.45) is 5.10 Å². The highest BCUT2D eigenvalue weighted by Gasteiger charge is 2.09. The lowest BCUT2D eigenvalue weighted by Gasteiger charge is -2.10. The second-order valence-electron chi connectivity index (χ2n) is 6.13. The Morgan fingerprint density at radius 3 is 2.56 bits per heavy atom. The minimum atomic E-state index is -0.422. The summed E-state index contributed by atoms with van der Waals surface area (Å²) in [4.78, 5) is 12.5. The minimum Gasteiger partial charge on any atom is -0.488 e. The fourth-order valence-corrected chi connectivity index (χ4v) is 2.73. The molecule has 0 fully saturated rings. The van der Waals surface area contributed by atoms with Crippen LogP contribution in [0.3, 0.4) is 0 Å². The van der Waals surface area contributed by atoms with Crippen molar-refractivity contribution < 1.29 is 4.74 Å². The van der Waals surface area contributed by atoms with Gasteiger partial charge in [0.1, 0.15) is 24.0 Å². The zero-order valence-electron chi connectivity index (χ0n) is 15.2. The third kappa shape index (κ3) is 4.13. The Balaban J connectivity index is 1.89. The summed E-state index contributed by atoms with van der Waals surface area (Å²) in [6.07, 6.45) is 1.57. The summed E-state index contributed by atoms with van der Waals surface area (Å²) in [7, 11) is 0. The molecule has 1 aromatic heterocycles. The first kappa shape index (κ1) is 18.2. The average molecular weight is 357 g/mol. The maximum absolute atomic E-state index is 12.5. The molecule has 0 unspecified atom stereocenters. The predicted molar refractivity (Wildman–Crippen MR) is 105 cm³/mol. The standard InChI is InChI=1S/C22H19N3O2/c1-16-12-17(2)25(22(26)20(16)13-23)24-14-19-10-6-7-11-21(19)27-15-18-8-4-3-5-9-18/h3-12,14H,15H2,1-2H3. The summed E-state index contributed by atoms with van der Waals surface area (Å²) in [5.41, 5.74) is 2.81. The monoisotopic (exact) mass is 357 g/mol. The van der Waals surface area contributed by atoms with Crippen LogP contribution in [-0.4, -0.2) is 10.9 Å². The first-order valence-corrected chi connectivity index (χ1v) is 8.53. The Bertz CT molecular complexity index is 1080. The predicted octanol–water partition coefficient (Wildman–Crippen LogP) is 3.80. The quantitative estimate of drug-likeness (QED) is 0.652. The summed E-state index contributed by atoms with van der Waals surface area (Å²) in [6.45, 7) is 3.96. The van der Waals surface area contributed by atoms with Crippen molar-refractivity contribution in [3.05, 3.63) is 99.0 Å². The zero-order chi connectivity index (χ0) is 19.2. The van der Waals surface area contributed by atoms with Gasteiger partial charge < -0.3 is 4.74 Å². The van der Waals surface area contributed by atoms with Crippen molar-refractivity contribution in [1.82, 2.24) is 4.68 Å².